The van der Waals surface area contributed by atoms with Crippen molar-refractivity contribution in [1.82, 2.24) is 13.9 Å². The van der Waals surface area contributed by atoms with E-state index in [0.29, 0.717) is 11.4 Å². The molecule has 1 saturated heterocycles. The van der Waals surface area contributed by atoms with Crippen molar-refractivity contribution in [2.24, 2.45) is 0 Å². The van der Waals surface area contributed by atoms with E-state index in [9.17, 15) is 8.42 Å². The van der Waals surface area contributed by atoms with Crippen LogP contribution in [0.4, 0.5) is 0 Å². The van der Waals surface area contributed by atoms with Crippen molar-refractivity contribution >= 4 is 10.0 Å². The van der Waals surface area contributed by atoms with E-state index in [2.05, 4.69) is 4.98 Å². The van der Waals surface area contributed by atoms with E-state index in [1.807, 2.05) is 43.1 Å². The molecule has 1 aliphatic heterocycles. The molecule has 124 valence electrons. The normalized spacial score (nSPS) is 19.3. The summed E-state index contributed by atoms with van der Waals surface area (Å²) < 4.78 is 29.5. The maximum Gasteiger partial charge on any atom is 0.243 e. The minimum absolute atomic E-state index is 0.0732. The third-order valence-corrected chi connectivity index (χ3v) is 6.40. The molecule has 0 spiro atoms. The molecule has 1 atom stereocenters. The molecule has 0 bridgehead atoms. The van der Waals surface area contributed by atoms with Gasteiger partial charge in [0.05, 0.1) is 16.9 Å². The van der Waals surface area contributed by atoms with Gasteiger partial charge in [-0.15, -0.1) is 0 Å². The zero-order chi connectivity index (χ0) is 16.4. The lowest BCUT2D eigenvalue weighted by Gasteiger charge is -2.24. The monoisotopic (exact) mass is 333 g/mol. The van der Waals surface area contributed by atoms with Gasteiger partial charge in [0.1, 0.15) is 0 Å². The fraction of sp³-hybridized carbons (Fsp3) is 0.471. The Morgan fingerprint density at radius 3 is 2.61 bits per heavy atom. The molecule has 0 N–H and O–H groups in total. The van der Waals surface area contributed by atoms with Gasteiger partial charge in [-0.25, -0.2) is 13.4 Å². The van der Waals surface area contributed by atoms with Gasteiger partial charge in [-0.3, -0.25) is 0 Å². The highest BCUT2D eigenvalue weighted by Gasteiger charge is 2.34. The summed E-state index contributed by atoms with van der Waals surface area (Å²) in [6.45, 7) is 5.33. The highest BCUT2D eigenvalue weighted by Crippen LogP contribution is 2.28. The quantitative estimate of drug-likeness (QED) is 0.845. The Balaban J connectivity index is 1.73. The highest BCUT2D eigenvalue weighted by molar-refractivity contribution is 7.89. The van der Waals surface area contributed by atoms with Crippen molar-refractivity contribution in [1.29, 1.82) is 0 Å². The first-order valence-electron chi connectivity index (χ1n) is 8.04. The van der Waals surface area contributed by atoms with Crippen LogP contribution in [-0.2, 0) is 16.6 Å². The van der Waals surface area contributed by atoms with Crippen LogP contribution in [0, 0.1) is 13.8 Å². The molecule has 0 amide bonds. The number of sulfonamides is 1. The lowest BCUT2D eigenvalue weighted by atomic mass is 10.1. The van der Waals surface area contributed by atoms with Crippen LogP contribution in [0.15, 0.2) is 41.7 Å². The molecular formula is C17H23N3O2S. The van der Waals surface area contributed by atoms with Crippen LogP contribution in [0.5, 0.6) is 0 Å². The SMILES string of the molecule is Cc1ccc(S(=O)(=O)N2CCC[C@H]2CCn2cnc(C)c2)cc1. The number of rotatable bonds is 5. The summed E-state index contributed by atoms with van der Waals surface area (Å²) in [5.41, 5.74) is 2.05. The molecule has 5 nitrogen and oxygen atoms in total. The molecule has 2 heterocycles. The smallest absolute Gasteiger partial charge is 0.243 e. The molecule has 1 aromatic heterocycles. The second kappa shape index (κ2) is 6.45. The standard InChI is InChI=1S/C17H23N3O2S/c1-14-5-7-17(8-6-14)23(21,22)20-10-3-4-16(20)9-11-19-12-15(2)18-13-19/h5-8,12-13,16H,3-4,9-11H2,1-2H3/t16-/m0/s1. The number of hydrogen-bond donors (Lipinski definition) is 0. The van der Waals surface area contributed by atoms with Gasteiger partial charge in [-0.05, 0) is 45.2 Å². The molecule has 1 aromatic carbocycles. The van der Waals surface area contributed by atoms with E-state index in [4.69, 9.17) is 0 Å². The number of hydrogen-bond acceptors (Lipinski definition) is 3. The zero-order valence-electron chi connectivity index (χ0n) is 13.6. The molecule has 23 heavy (non-hydrogen) atoms. The van der Waals surface area contributed by atoms with E-state index in [0.717, 1.165) is 37.1 Å². The Morgan fingerprint density at radius 1 is 1.22 bits per heavy atom. The fourth-order valence-electron chi connectivity index (χ4n) is 3.15. The van der Waals surface area contributed by atoms with Gasteiger partial charge in [-0.1, -0.05) is 17.7 Å². The molecule has 0 radical (unpaired) electrons. The predicted octanol–water partition coefficient (Wildman–Crippen LogP) is 2.74. The molecule has 2 aromatic rings. The van der Waals surface area contributed by atoms with E-state index in [1.165, 1.54) is 0 Å². The maximum atomic E-state index is 12.9. The Kier molecular flexibility index (Phi) is 4.55. The van der Waals surface area contributed by atoms with Crippen molar-refractivity contribution in [2.45, 2.75) is 50.6 Å². The maximum absolute atomic E-state index is 12.9. The Bertz CT molecular complexity index is 765. The second-order valence-electron chi connectivity index (χ2n) is 6.27. The minimum atomic E-state index is -3.40. The summed E-state index contributed by atoms with van der Waals surface area (Å²) in [7, 11) is -3.40. The summed E-state index contributed by atoms with van der Waals surface area (Å²) >= 11 is 0. The third kappa shape index (κ3) is 3.48. The summed E-state index contributed by atoms with van der Waals surface area (Å²) in [5, 5.41) is 0. The Labute approximate surface area is 138 Å². The first kappa shape index (κ1) is 16.2. The van der Waals surface area contributed by atoms with Gasteiger partial charge >= 0.3 is 0 Å². The van der Waals surface area contributed by atoms with E-state index < -0.39 is 10.0 Å². The third-order valence-electron chi connectivity index (χ3n) is 4.43. The van der Waals surface area contributed by atoms with Gasteiger partial charge < -0.3 is 4.57 Å². The van der Waals surface area contributed by atoms with Gasteiger partial charge in [0.2, 0.25) is 10.0 Å². The Morgan fingerprint density at radius 2 is 1.96 bits per heavy atom. The van der Waals surface area contributed by atoms with Gasteiger partial charge in [-0.2, -0.15) is 4.31 Å². The van der Waals surface area contributed by atoms with Crippen LogP contribution in [0.3, 0.4) is 0 Å². The molecule has 0 unspecified atom stereocenters. The van der Waals surface area contributed by atoms with E-state index in [1.54, 1.807) is 16.4 Å². The number of imidazole rings is 1. The van der Waals surface area contributed by atoms with E-state index in [-0.39, 0.29) is 6.04 Å². The number of aromatic nitrogens is 2. The highest BCUT2D eigenvalue weighted by atomic mass is 32.2. The van der Waals surface area contributed by atoms with Crippen molar-refractivity contribution < 1.29 is 8.42 Å². The largest absolute Gasteiger partial charge is 0.337 e. The van der Waals surface area contributed by atoms with Gasteiger partial charge in [0.15, 0.2) is 0 Å². The average molecular weight is 333 g/mol. The van der Waals surface area contributed by atoms with Gasteiger partial charge in [0.25, 0.3) is 0 Å². The predicted molar refractivity (Wildman–Crippen MR) is 89.7 cm³/mol. The van der Waals surface area contributed by atoms with Crippen molar-refractivity contribution in [3.63, 3.8) is 0 Å². The fourth-order valence-corrected chi connectivity index (χ4v) is 4.88. The van der Waals surface area contributed by atoms with Crippen LogP contribution in [-0.4, -0.2) is 34.9 Å². The second-order valence-corrected chi connectivity index (χ2v) is 8.16. The van der Waals surface area contributed by atoms with E-state index >= 15 is 0 Å². The summed E-state index contributed by atoms with van der Waals surface area (Å²) in [6, 6.07) is 7.20. The van der Waals surface area contributed by atoms with Crippen molar-refractivity contribution in [3.05, 3.63) is 48.0 Å². The van der Waals surface area contributed by atoms with Crippen LogP contribution >= 0.6 is 0 Å². The number of benzene rings is 1. The molecule has 1 fully saturated rings. The average Bonchev–Trinajstić information content (AvgIpc) is 3.14. The number of aryl methyl sites for hydroxylation is 3. The van der Waals surface area contributed by atoms with Crippen LogP contribution < -0.4 is 0 Å². The van der Waals surface area contributed by atoms with Crippen molar-refractivity contribution in [2.75, 3.05) is 6.54 Å². The van der Waals surface area contributed by atoms with Crippen LogP contribution in [0.1, 0.15) is 30.5 Å². The Hall–Kier alpha value is -1.66. The molecule has 0 saturated carbocycles. The minimum Gasteiger partial charge on any atom is -0.337 e. The molecule has 6 heteroatoms. The summed E-state index contributed by atoms with van der Waals surface area (Å²) in [4.78, 5) is 4.61. The molecule has 0 aliphatic carbocycles. The lowest BCUT2D eigenvalue weighted by Crippen LogP contribution is -2.36. The first-order chi connectivity index (χ1) is 11.0. The molecular weight excluding hydrogens is 310 g/mol. The zero-order valence-corrected chi connectivity index (χ0v) is 14.5. The van der Waals surface area contributed by atoms with Gasteiger partial charge in [0, 0.05) is 25.3 Å². The van der Waals surface area contributed by atoms with Crippen molar-refractivity contribution in [3.8, 4) is 0 Å². The molecule has 3 rings (SSSR count). The number of nitrogens with zero attached hydrogens (tertiary/aromatic N) is 3. The summed E-state index contributed by atoms with van der Waals surface area (Å²) in [5.74, 6) is 0. The topological polar surface area (TPSA) is 55.2 Å². The molecule has 1 aliphatic rings. The van der Waals surface area contributed by atoms with Crippen LogP contribution in [0.25, 0.3) is 0 Å². The summed E-state index contributed by atoms with van der Waals surface area (Å²) in [6.07, 6.45) is 6.48. The first-order valence-corrected chi connectivity index (χ1v) is 9.48. The lowest BCUT2D eigenvalue weighted by molar-refractivity contribution is 0.356. The van der Waals surface area contributed by atoms with Crippen LogP contribution in [0.2, 0.25) is 0 Å².